The fourth-order valence-electron chi connectivity index (χ4n) is 3.65. The van der Waals surface area contributed by atoms with Crippen molar-refractivity contribution in [3.8, 4) is 5.75 Å². The Balaban J connectivity index is 1.71. The minimum Gasteiger partial charge on any atom is -0.496 e. The van der Waals surface area contributed by atoms with Crippen LogP contribution in [0.5, 0.6) is 5.75 Å². The third-order valence-corrected chi connectivity index (χ3v) is 5.81. The standard InChI is InChI=1S/C23H28N2O3/c1-22(2,18-11-6-5-7-12-18)21(27)25-15-14-23(25,3)20(26)24-16-17-10-8-9-13-19(17)28-4/h5-13H,14-16H2,1-4H3,(H,24,26). The van der Waals surface area contributed by atoms with Gasteiger partial charge in [-0.05, 0) is 38.8 Å². The molecule has 148 valence electrons. The molecule has 1 heterocycles. The van der Waals surface area contributed by atoms with Crippen molar-refractivity contribution in [1.82, 2.24) is 10.2 Å². The molecule has 2 amide bonds. The molecule has 0 aliphatic carbocycles. The first-order chi connectivity index (χ1) is 13.3. The molecule has 2 aromatic rings. The molecule has 1 unspecified atom stereocenters. The molecule has 2 aromatic carbocycles. The Labute approximate surface area is 166 Å². The van der Waals surface area contributed by atoms with E-state index in [4.69, 9.17) is 4.74 Å². The molecular formula is C23H28N2O3. The van der Waals surface area contributed by atoms with Gasteiger partial charge in [-0.3, -0.25) is 9.59 Å². The summed E-state index contributed by atoms with van der Waals surface area (Å²) >= 11 is 0. The molecule has 0 aromatic heterocycles. The second-order valence-corrected chi connectivity index (χ2v) is 7.97. The number of methoxy groups -OCH3 is 1. The van der Waals surface area contributed by atoms with Gasteiger partial charge in [0, 0.05) is 18.7 Å². The molecule has 3 rings (SSSR count). The summed E-state index contributed by atoms with van der Waals surface area (Å²) in [6, 6.07) is 17.3. The van der Waals surface area contributed by atoms with Crippen molar-refractivity contribution in [2.75, 3.05) is 13.7 Å². The first-order valence-corrected chi connectivity index (χ1v) is 9.58. The summed E-state index contributed by atoms with van der Waals surface area (Å²) in [5.74, 6) is 0.571. The average Bonchev–Trinajstić information content (AvgIpc) is 2.71. The van der Waals surface area contributed by atoms with E-state index in [0.717, 1.165) is 16.9 Å². The number of benzene rings is 2. The zero-order valence-corrected chi connectivity index (χ0v) is 17.0. The third kappa shape index (κ3) is 3.49. The van der Waals surface area contributed by atoms with Gasteiger partial charge in [-0.2, -0.15) is 0 Å². The van der Waals surface area contributed by atoms with Crippen LogP contribution in [0, 0.1) is 0 Å². The maximum absolute atomic E-state index is 13.3. The van der Waals surface area contributed by atoms with Gasteiger partial charge in [0.25, 0.3) is 0 Å². The van der Waals surface area contributed by atoms with Crippen LogP contribution in [0.25, 0.3) is 0 Å². The maximum atomic E-state index is 13.3. The SMILES string of the molecule is COc1ccccc1CNC(=O)C1(C)CCN1C(=O)C(C)(C)c1ccccc1. The Morgan fingerprint density at radius 3 is 2.36 bits per heavy atom. The quantitative estimate of drug-likeness (QED) is 0.837. The number of nitrogens with zero attached hydrogens (tertiary/aromatic N) is 1. The minimum absolute atomic E-state index is 0.0279. The van der Waals surface area contributed by atoms with Gasteiger partial charge >= 0.3 is 0 Å². The average molecular weight is 380 g/mol. The zero-order valence-electron chi connectivity index (χ0n) is 17.0. The third-order valence-electron chi connectivity index (χ3n) is 5.81. The lowest BCUT2D eigenvalue weighted by Gasteiger charge is -2.51. The highest BCUT2D eigenvalue weighted by molar-refractivity contribution is 5.96. The van der Waals surface area contributed by atoms with E-state index in [2.05, 4.69) is 5.32 Å². The summed E-state index contributed by atoms with van der Waals surface area (Å²) in [6.07, 6.45) is 0.654. The first kappa shape index (κ1) is 19.9. The Bertz CT molecular complexity index is 863. The molecule has 0 saturated carbocycles. The Morgan fingerprint density at radius 1 is 1.11 bits per heavy atom. The molecule has 1 aliphatic heterocycles. The van der Waals surface area contributed by atoms with Crippen LogP contribution in [0.15, 0.2) is 54.6 Å². The van der Waals surface area contributed by atoms with Gasteiger partial charge < -0.3 is 15.0 Å². The molecule has 0 radical (unpaired) electrons. The van der Waals surface area contributed by atoms with Gasteiger partial charge in [0.15, 0.2) is 0 Å². The van der Waals surface area contributed by atoms with Crippen molar-refractivity contribution in [2.24, 2.45) is 0 Å². The number of hydrogen-bond acceptors (Lipinski definition) is 3. The number of carbonyl (C=O) groups excluding carboxylic acids is 2. The molecule has 1 fully saturated rings. The normalized spacial score (nSPS) is 18.9. The van der Waals surface area contributed by atoms with E-state index in [0.29, 0.717) is 19.5 Å². The summed E-state index contributed by atoms with van der Waals surface area (Å²) in [5.41, 5.74) is 0.337. The Kier molecular flexibility index (Phi) is 5.45. The van der Waals surface area contributed by atoms with Crippen molar-refractivity contribution >= 4 is 11.8 Å². The zero-order chi connectivity index (χ0) is 20.4. The lowest BCUT2D eigenvalue weighted by molar-refractivity contribution is -0.161. The van der Waals surface area contributed by atoms with Crippen LogP contribution in [0.3, 0.4) is 0 Å². The first-order valence-electron chi connectivity index (χ1n) is 9.58. The molecule has 28 heavy (non-hydrogen) atoms. The number of rotatable bonds is 6. The molecule has 0 spiro atoms. The molecule has 1 aliphatic rings. The van der Waals surface area contributed by atoms with Crippen molar-refractivity contribution in [3.05, 3.63) is 65.7 Å². The Morgan fingerprint density at radius 2 is 1.75 bits per heavy atom. The number of ether oxygens (including phenoxy) is 1. The Hall–Kier alpha value is -2.82. The number of nitrogens with one attached hydrogen (secondary N) is 1. The van der Waals surface area contributed by atoms with Gasteiger partial charge in [0.05, 0.1) is 12.5 Å². The molecular weight excluding hydrogens is 352 g/mol. The predicted octanol–water partition coefficient (Wildman–Crippen LogP) is 3.28. The second-order valence-electron chi connectivity index (χ2n) is 7.97. The summed E-state index contributed by atoms with van der Waals surface area (Å²) in [5, 5.41) is 2.98. The van der Waals surface area contributed by atoms with Crippen molar-refractivity contribution < 1.29 is 14.3 Å². The monoisotopic (exact) mass is 380 g/mol. The van der Waals surface area contributed by atoms with Crippen LogP contribution in [-0.2, 0) is 21.5 Å². The molecule has 0 bridgehead atoms. The fourth-order valence-corrected chi connectivity index (χ4v) is 3.65. The number of carbonyl (C=O) groups is 2. The maximum Gasteiger partial charge on any atom is 0.246 e. The van der Waals surface area contributed by atoms with Crippen molar-refractivity contribution in [3.63, 3.8) is 0 Å². The number of amides is 2. The summed E-state index contributed by atoms with van der Waals surface area (Å²) in [7, 11) is 1.61. The van der Waals surface area contributed by atoms with E-state index in [-0.39, 0.29) is 11.8 Å². The molecule has 1 atom stereocenters. The van der Waals surface area contributed by atoms with Crippen LogP contribution >= 0.6 is 0 Å². The second kappa shape index (κ2) is 7.66. The molecule has 1 saturated heterocycles. The highest BCUT2D eigenvalue weighted by atomic mass is 16.5. The summed E-state index contributed by atoms with van der Waals surface area (Å²) in [6.45, 7) is 6.62. The topological polar surface area (TPSA) is 58.6 Å². The summed E-state index contributed by atoms with van der Waals surface area (Å²) in [4.78, 5) is 27.9. The molecule has 5 nitrogen and oxygen atoms in total. The van der Waals surface area contributed by atoms with E-state index >= 15 is 0 Å². The number of hydrogen-bond donors (Lipinski definition) is 1. The van der Waals surface area contributed by atoms with Gasteiger partial charge in [-0.25, -0.2) is 0 Å². The smallest absolute Gasteiger partial charge is 0.246 e. The van der Waals surface area contributed by atoms with Crippen LogP contribution in [0.2, 0.25) is 0 Å². The van der Waals surface area contributed by atoms with Crippen molar-refractivity contribution in [2.45, 2.75) is 44.7 Å². The van der Waals surface area contributed by atoms with Crippen LogP contribution in [0.1, 0.15) is 38.3 Å². The van der Waals surface area contributed by atoms with Gasteiger partial charge in [-0.1, -0.05) is 48.5 Å². The van der Waals surface area contributed by atoms with Crippen LogP contribution in [0.4, 0.5) is 0 Å². The molecule has 5 heteroatoms. The number of para-hydroxylation sites is 1. The summed E-state index contributed by atoms with van der Waals surface area (Å²) < 4.78 is 5.34. The van der Waals surface area contributed by atoms with Crippen LogP contribution in [-0.4, -0.2) is 35.9 Å². The largest absolute Gasteiger partial charge is 0.496 e. The van der Waals surface area contributed by atoms with E-state index in [9.17, 15) is 9.59 Å². The lowest BCUT2D eigenvalue weighted by Crippen LogP contribution is -2.69. The van der Waals surface area contributed by atoms with Gasteiger partial charge in [-0.15, -0.1) is 0 Å². The number of likely N-dealkylation sites (tertiary alicyclic amines) is 1. The highest BCUT2D eigenvalue weighted by Crippen LogP contribution is 2.36. The van der Waals surface area contributed by atoms with E-state index in [1.807, 2.05) is 75.4 Å². The molecule has 1 N–H and O–H groups in total. The van der Waals surface area contributed by atoms with E-state index in [1.54, 1.807) is 12.0 Å². The van der Waals surface area contributed by atoms with E-state index < -0.39 is 11.0 Å². The fraction of sp³-hybridized carbons (Fsp3) is 0.391. The van der Waals surface area contributed by atoms with Gasteiger partial charge in [0.1, 0.15) is 11.3 Å². The lowest BCUT2D eigenvalue weighted by atomic mass is 9.77. The highest BCUT2D eigenvalue weighted by Gasteiger charge is 2.52. The van der Waals surface area contributed by atoms with Gasteiger partial charge in [0.2, 0.25) is 11.8 Å². The van der Waals surface area contributed by atoms with Crippen molar-refractivity contribution in [1.29, 1.82) is 0 Å². The minimum atomic E-state index is -0.828. The van der Waals surface area contributed by atoms with Crippen LogP contribution < -0.4 is 10.1 Å². The van der Waals surface area contributed by atoms with E-state index in [1.165, 1.54) is 0 Å². The predicted molar refractivity (Wildman–Crippen MR) is 109 cm³/mol.